The molecule has 0 saturated heterocycles. The highest BCUT2D eigenvalue weighted by atomic mass is 19.1. The van der Waals surface area contributed by atoms with Crippen molar-refractivity contribution < 1.29 is 14.1 Å². The van der Waals surface area contributed by atoms with Crippen LogP contribution in [0.2, 0.25) is 0 Å². The molecule has 2 aromatic rings. The van der Waals surface area contributed by atoms with Gasteiger partial charge in [-0.05, 0) is 12.1 Å². The summed E-state index contributed by atoms with van der Waals surface area (Å²) < 4.78 is 14.1. The van der Waals surface area contributed by atoms with Crippen LogP contribution in [0.4, 0.5) is 15.8 Å². The number of fused-ring (bicyclic) bond motifs is 1. The summed E-state index contributed by atoms with van der Waals surface area (Å²) in [6, 6.07) is 10.3. The number of benzodiazepines with no additional fused rings is 1. The summed E-state index contributed by atoms with van der Waals surface area (Å²) in [6.07, 6.45) is 0. The van der Waals surface area contributed by atoms with Crippen molar-refractivity contribution >= 4 is 23.0 Å². The second-order valence-electron chi connectivity index (χ2n) is 5.95. The van der Waals surface area contributed by atoms with Crippen molar-refractivity contribution in [3.8, 4) is 0 Å². The number of amides is 1. The van der Waals surface area contributed by atoms with E-state index < -0.39 is 10.7 Å². The third-order valence-corrected chi connectivity index (χ3v) is 4.17. The SMILES string of the molecule is C[N+]1(C)C(=O)CN=C(c2ccccc2F)c2cc([N+](=O)[O-])ccc21. The second-order valence-corrected chi connectivity index (χ2v) is 5.95. The van der Waals surface area contributed by atoms with Crippen LogP contribution < -0.4 is 4.48 Å². The second kappa shape index (κ2) is 5.61. The Kier molecular flexibility index (Phi) is 3.73. The number of quaternary nitrogens is 1. The first kappa shape index (κ1) is 15.9. The number of nitro groups is 1. The van der Waals surface area contributed by atoms with E-state index in [2.05, 4.69) is 4.99 Å². The number of hydrogen-bond acceptors (Lipinski definition) is 4. The standard InChI is InChI=1S/C17H15FN3O3/c1-21(2)15-8-7-11(20(23)24)9-13(15)17(19-10-16(21)22)12-5-3-4-6-14(12)18/h3-9H,10H2,1-2H3/q+1. The highest BCUT2D eigenvalue weighted by Crippen LogP contribution is 2.33. The minimum atomic E-state index is -0.522. The van der Waals surface area contributed by atoms with Gasteiger partial charge in [-0.25, -0.2) is 13.7 Å². The zero-order valence-electron chi connectivity index (χ0n) is 13.2. The third-order valence-electron chi connectivity index (χ3n) is 4.17. The Morgan fingerprint density at radius 3 is 2.54 bits per heavy atom. The molecular weight excluding hydrogens is 313 g/mol. The van der Waals surface area contributed by atoms with Gasteiger partial charge in [0.05, 0.1) is 30.3 Å². The average molecular weight is 328 g/mol. The topological polar surface area (TPSA) is 72.6 Å². The molecule has 1 aliphatic heterocycles. The molecule has 0 aliphatic carbocycles. The van der Waals surface area contributed by atoms with Crippen LogP contribution in [0.15, 0.2) is 47.5 Å². The predicted octanol–water partition coefficient (Wildman–Crippen LogP) is 2.68. The first-order valence-electron chi connectivity index (χ1n) is 7.28. The van der Waals surface area contributed by atoms with Gasteiger partial charge in [0.25, 0.3) is 5.69 Å². The predicted molar refractivity (Wildman–Crippen MR) is 88.7 cm³/mol. The monoisotopic (exact) mass is 328 g/mol. The van der Waals surface area contributed by atoms with Crippen molar-refractivity contribution in [2.45, 2.75) is 0 Å². The maximum absolute atomic E-state index is 14.2. The Labute approximate surface area is 137 Å². The molecule has 0 atom stereocenters. The van der Waals surface area contributed by atoms with Gasteiger partial charge in [0, 0.05) is 23.8 Å². The maximum Gasteiger partial charge on any atom is 0.339 e. The smallest absolute Gasteiger partial charge is 0.269 e. The molecule has 0 saturated carbocycles. The molecule has 0 radical (unpaired) electrons. The molecule has 0 spiro atoms. The number of hydrogen-bond donors (Lipinski definition) is 0. The lowest BCUT2D eigenvalue weighted by molar-refractivity contribution is -0.384. The molecule has 0 N–H and O–H groups in total. The largest absolute Gasteiger partial charge is 0.339 e. The summed E-state index contributed by atoms with van der Waals surface area (Å²) >= 11 is 0. The Morgan fingerprint density at radius 2 is 1.88 bits per heavy atom. The van der Waals surface area contributed by atoms with Crippen LogP contribution in [0.5, 0.6) is 0 Å². The molecule has 0 bridgehead atoms. The van der Waals surface area contributed by atoms with Crippen LogP contribution in [0.1, 0.15) is 11.1 Å². The highest BCUT2D eigenvalue weighted by Gasteiger charge is 2.37. The van der Waals surface area contributed by atoms with Gasteiger partial charge >= 0.3 is 5.91 Å². The van der Waals surface area contributed by atoms with Crippen LogP contribution >= 0.6 is 0 Å². The van der Waals surface area contributed by atoms with Crippen molar-refractivity contribution in [1.82, 2.24) is 4.48 Å². The highest BCUT2D eigenvalue weighted by molar-refractivity contribution is 6.18. The Morgan fingerprint density at radius 1 is 1.17 bits per heavy atom. The number of aliphatic imine (C=N–C) groups is 1. The molecule has 122 valence electrons. The number of rotatable bonds is 2. The van der Waals surface area contributed by atoms with Gasteiger partial charge in [-0.2, -0.15) is 0 Å². The molecule has 7 heteroatoms. The summed E-state index contributed by atoms with van der Waals surface area (Å²) in [4.78, 5) is 27.3. The minimum Gasteiger partial charge on any atom is -0.269 e. The number of benzene rings is 2. The summed E-state index contributed by atoms with van der Waals surface area (Å²) in [5.41, 5.74) is 1.28. The van der Waals surface area contributed by atoms with Gasteiger partial charge in [0.15, 0.2) is 6.54 Å². The third kappa shape index (κ3) is 2.48. The minimum absolute atomic E-state index is 0.116. The molecule has 6 nitrogen and oxygen atoms in total. The van der Waals surface area contributed by atoms with E-state index in [9.17, 15) is 19.3 Å². The number of nitrogens with zero attached hydrogens (tertiary/aromatic N) is 3. The van der Waals surface area contributed by atoms with Crippen molar-refractivity contribution in [3.63, 3.8) is 0 Å². The van der Waals surface area contributed by atoms with E-state index in [0.717, 1.165) is 0 Å². The Bertz CT molecular complexity index is 890. The number of carbonyl (C=O) groups is 1. The summed E-state index contributed by atoms with van der Waals surface area (Å²) in [5, 5.41) is 11.1. The molecular formula is C17H15FN3O3+. The number of carbonyl (C=O) groups excluding carboxylic acids is 1. The molecule has 0 fully saturated rings. The zero-order chi connectivity index (χ0) is 17.5. The van der Waals surface area contributed by atoms with Crippen LogP contribution in [-0.2, 0) is 4.79 Å². The molecule has 3 rings (SSSR count). The van der Waals surface area contributed by atoms with Crippen LogP contribution in [0.25, 0.3) is 0 Å². The average Bonchev–Trinajstić information content (AvgIpc) is 2.64. The van der Waals surface area contributed by atoms with E-state index in [1.165, 1.54) is 24.3 Å². The fourth-order valence-electron chi connectivity index (χ4n) is 2.74. The van der Waals surface area contributed by atoms with Crippen LogP contribution in [0.3, 0.4) is 0 Å². The van der Waals surface area contributed by atoms with Gasteiger partial charge in [0.1, 0.15) is 11.5 Å². The molecule has 1 amide bonds. The zero-order valence-corrected chi connectivity index (χ0v) is 13.2. The Hall–Kier alpha value is -2.93. The fourth-order valence-corrected chi connectivity index (χ4v) is 2.74. The van der Waals surface area contributed by atoms with Gasteiger partial charge in [-0.3, -0.25) is 15.1 Å². The lowest BCUT2D eigenvalue weighted by Crippen LogP contribution is -2.47. The fraction of sp³-hybridized carbons (Fsp3) is 0.176. The van der Waals surface area contributed by atoms with E-state index in [1.54, 1.807) is 32.3 Å². The quantitative estimate of drug-likeness (QED) is 0.483. The summed E-state index contributed by atoms with van der Waals surface area (Å²) in [7, 11) is 3.37. The van der Waals surface area contributed by atoms with E-state index in [0.29, 0.717) is 11.3 Å². The molecule has 1 aliphatic rings. The molecule has 2 aromatic carbocycles. The first-order valence-corrected chi connectivity index (χ1v) is 7.28. The van der Waals surface area contributed by atoms with Crippen molar-refractivity contribution in [2.24, 2.45) is 4.99 Å². The summed E-state index contributed by atoms with van der Waals surface area (Å²) in [5.74, 6) is -0.676. The van der Waals surface area contributed by atoms with E-state index in [1.807, 2.05) is 0 Å². The molecule has 1 heterocycles. The maximum atomic E-state index is 14.2. The van der Waals surface area contributed by atoms with Crippen LogP contribution in [-0.4, -0.2) is 37.2 Å². The van der Waals surface area contributed by atoms with Gasteiger partial charge in [-0.1, -0.05) is 12.1 Å². The van der Waals surface area contributed by atoms with E-state index in [4.69, 9.17) is 0 Å². The number of likely N-dealkylation sites (N-methyl/N-ethyl adjacent to an activating group) is 1. The lowest BCUT2D eigenvalue weighted by atomic mass is 9.98. The van der Waals surface area contributed by atoms with Gasteiger partial charge in [-0.15, -0.1) is 0 Å². The van der Waals surface area contributed by atoms with E-state index >= 15 is 0 Å². The van der Waals surface area contributed by atoms with Crippen molar-refractivity contribution in [2.75, 3.05) is 20.6 Å². The summed E-state index contributed by atoms with van der Waals surface area (Å²) in [6.45, 7) is -0.126. The van der Waals surface area contributed by atoms with Crippen molar-refractivity contribution in [1.29, 1.82) is 0 Å². The number of non-ortho nitro benzene ring substituents is 1. The van der Waals surface area contributed by atoms with Crippen LogP contribution in [0, 0.1) is 15.9 Å². The normalized spacial score (nSPS) is 16.1. The number of nitro benzene ring substituents is 1. The Balaban J connectivity index is 2.32. The molecule has 24 heavy (non-hydrogen) atoms. The van der Waals surface area contributed by atoms with E-state index in [-0.39, 0.29) is 33.9 Å². The first-order chi connectivity index (χ1) is 11.3. The molecule has 0 unspecified atom stereocenters. The number of halogens is 1. The van der Waals surface area contributed by atoms with Gasteiger partial charge < -0.3 is 0 Å². The molecule has 0 aromatic heterocycles. The lowest BCUT2D eigenvalue weighted by Gasteiger charge is -2.26. The van der Waals surface area contributed by atoms with Gasteiger partial charge in [0.2, 0.25) is 0 Å². The van der Waals surface area contributed by atoms with Crippen molar-refractivity contribution in [3.05, 3.63) is 69.5 Å².